The Kier molecular flexibility index (Phi) is 4.97. The van der Waals surface area contributed by atoms with Gasteiger partial charge in [-0.3, -0.25) is 9.78 Å². The fraction of sp³-hybridized carbons (Fsp3) is 0.333. The van der Waals surface area contributed by atoms with Gasteiger partial charge in [0, 0.05) is 11.1 Å². The standard InChI is InChI=1S/C15H15F3N2O2/c1-10-5-6-11-3-2-4-12(14(11)19-10)20-13(21)7-8-22-9-15(16,17)18/h2-6H,7-9H2,1H3,(H,20,21). The molecule has 0 aliphatic carbocycles. The van der Waals surface area contributed by atoms with Crippen LogP contribution in [0.2, 0.25) is 0 Å². The summed E-state index contributed by atoms with van der Waals surface area (Å²) in [4.78, 5) is 16.1. The number of rotatable bonds is 5. The van der Waals surface area contributed by atoms with Crippen LogP contribution >= 0.6 is 0 Å². The fourth-order valence-corrected chi connectivity index (χ4v) is 1.91. The molecule has 2 aromatic rings. The van der Waals surface area contributed by atoms with Crippen LogP contribution in [-0.2, 0) is 9.53 Å². The molecule has 0 aliphatic rings. The van der Waals surface area contributed by atoms with Gasteiger partial charge in [0.05, 0.1) is 24.2 Å². The molecule has 2 rings (SSSR count). The van der Waals surface area contributed by atoms with E-state index in [2.05, 4.69) is 15.0 Å². The molecule has 1 N–H and O–H groups in total. The van der Waals surface area contributed by atoms with E-state index in [9.17, 15) is 18.0 Å². The predicted molar refractivity (Wildman–Crippen MR) is 76.6 cm³/mol. The summed E-state index contributed by atoms with van der Waals surface area (Å²) < 4.78 is 40.1. The maximum absolute atomic E-state index is 11.9. The van der Waals surface area contributed by atoms with Gasteiger partial charge in [-0.05, 0) is 19.1 Å². The van der Waals surface area contributed by atoms with E-state index in [-0.39, 0.29) is 13.0 Å². The van der Waals surface area contributed by atoms with E-state index in [0.717, 1.165) is 11.1 Å². The van der Waals surface area contributed by atoms with Crippen molar-refractivity contribution in [3.05, 3.63) is 36.0 Å². The van der Waals surface area contributed by atoms with Crippen molar-refractivity contribution >= 4 is 22.5 Å². The van der Waals surface area contributed by atoms with Crippen molar-refractivity contribution in [3.8, 4) is 0 Å². The molecular weight excluding hydrogens is 297 g/mol. The van der Waals surface area contributed by atoms with Crippen LogP contribution in [0.25, 0.3) is 10.9 Å². The molecule has 0 fully saturated rings. The minimum Gasteiger partial charge on any atom is -0.372 e. The van der Waals surface area contributed by atoms with E-state index in [0.29, 0.717) is 11.2 Å². The number of carbonyl (C=O) groups excluding carboxylic acids is 1. The normalized spacial score (nSPS) is 11.6. The number of nitrogens with one attached hydrogen (secondary N) is 1. The Balaban J connectivity index is 1.96. The molecule has 4 nitrogen and oxygen atoms in total. The van der Waals surface area contributed by atoms with Gasteiger partial charge < -0.3 is 10.1 Å². The molecule has 0 radical (unpaired) electrons. The first-order valence-corrected chi connectivity index (χ1v) is 6.66. The molecule has 0 saturated heterocycles. The SMILES string of the molecule is Cc1ccc2cccc(NC(=O)CCOCC(F)(F)F)c2n1. The molecule has 0 saturated carbocycles. The Morgan fingerprint density at radius 1 is 1.27 bits per heavy atom. The molecule has 1 heterocycles. The van der Waals surface area contributed by atoms with Gasteiger partial charge in [-0.15, -0.1) is 0 Å². The van der Waals surface area contributed by atoms with Crippen molar-refractivity contribution in [1.82, 2.24) is 4.98 Å². The lowest BCUT2D eigenvalue weighted by Gasteiger charge is -2.10. The van der Waals surface area contributed by atoms with Crippen molar-refractivity contribution in [1.29, 1.82) is 0 Å². The summed E-state index contributed by atoms with van der Waals surface area (Å²) in [6.07, 6.45) is -4.54. The van der Waals surface area contributed by atoms with Crippen LogP contribution in [-0.4, -0.2) is 30.3 Å². The Bertz CT molecular complexity index is 671. The number of benzene rings is 1. The van der Waals surface area contributed by atoms with Gasteiger partial charge in [0.1, 0.15) is 6.61 Å². The van der Waals surface area contributed by atoms with Crippen molar-refractivity contribution in [2.45, 2.75) is 19.5 Å². The highest BCUT2D eigenvalue weighted by atomic mass is 19.4. The number of para-hydroxylation sites is 1. The number of hydrogen-bond donors (Lipinski definition) is 1. The molecule has 0 bridgehead atoms. The van der Waals surface area contributed by atoms with Crippen molar-refractivity contribution in [3.63, 3.8) is 0 Å². The number of hydrogen-bond acceptors (Lipinski definition) is 3. The lowest BCUT2D eigenvalue weighted by Crippen LogP contribution is -2.20. The average molecular weight is 312 g/mol. The topological polar surface area (TPSA) is 51.2 Å². The molecule has 1 aromatic carbocycles. The zero-order chi connectivity index (χ0) is 16.2. The lowest BCUT2D eigenvalue weighted by atomic mass is 10.1. The zero-order valence-electron chi connectivity index (χ0n) is 11.9. The first-order chi connectivity index (χ1) is 10.3. The van der Waals surface area contributed by atoms with Crippen LogP contribution in [0.1, 0.15) is 12.1 Å². The Morgan fingerprint density at radius 3 is 2.77 bits per heavy atom. The molecule has 22 heavy (non-hydrogen) atoms. The molecule has 118 valence electrons. The van der Waals surface area contributed by atoms with Gasteiger partial charge >= 0.3 is 6.18 Å². The van der Waals surface area contributed by atoms with E-state index in [1.165, 1.54) is 0 Å². The molecule has 7 heteroatoms. The number of ether oxygens (including phenoxy) is 1. The van der Waals surface area contributed by atoms with Crippen LogP contribution in [0, 0.1) is 6.92 Å². The smallest absolute Gasteiger partial charge is 0.372 e. The second-order valence-electron chi connectivity index (χ2n) is 4.80. The minimum atomic E-state index is -4.38. The third-order valence-corrected chi connectivity index (χ3v) is 2.87. The largest absolute Gasteiger partial charge is 0.411 e. The summed E-state index contributed by atoms with van der Waals surface area (Å²) >= 11 is 0. The monoisotopic (exact) mass is 312 g/mol. The summed E-state index contributed by atoms with van der Waals surface area (Å²) in [5.74, 6) is -0.419. The first-order valence-electron chi connectivity index (χ1n) is 6.66. The van der Waals surface area contributed by atoms with Gasteiger partial charge in [-0.1, -0.05) is 18.2 Å². The summed E-state index contributed by atoms with van der Waals surface area (Å²) in [6, 6.07) is 9.08. The number of aryl methyl sites for hydroxylation is 1. The summed E-state index contributed by atoms with van der Waals surface area (Å²) in [5, 5.41) is 3.52. The van der Waals surface area contributed by atoms with Crippen molar-refractivity contribution in [2.75, 3.05) is 18.5 Å². The van der Waals surface area contributed by atoms with Gasteiger partial charge in [0.2, 0.25) is 5.91 Å². The number of anilines is 1. The Hall–Kier alpha value is -2.15. The van der Waals surface area contributed by atoms with Crippen molar-refractivity contribution < 1.29 is 22.7 Å². The number of amides is 1. The highest BCUT2D eigenvalue weighted by Gasteiger charge is 2.27. The van der Waals surface area contributed by atoms with Gasteiger partial charge in [0.25, 0.3) is 0 Å². The second kappa shape index (κ2) is 6.74. The molecule has 0 spiro atoms. The predicted octanol–water partition coefficient (Wildman–Crippen LogP) is 3.45. The van der Waals surface area contributed by atoms with E-state index >= 15 is 0 Å². The number of nitrogens with zero attached hydrogens (tertiary/aromatic N) is 1. The number of aromatic nitrogens is 1. The first kappa shape index (κ1) is 16.2. The van der Waals surface area contributed by atoms with Crippen LogP contribution in [0.4, 0.5) is 18.9 Å². The quantitative estimate of drug-likeness (QED) is 0.860. The maximum atomic E-state index is 11.9. The number of alkyl halides is 3. The molecule has 1 aromatic heterocycles. The summed E-state index contributed by atoms with van der Waals surface area (Å²) in [7, 11) is 0. The van der Waals surface area contributed by atoms with E-state index < -0.39 is 18.7 Å². The third-order valence-electron chi connectivity index (χ3n) is 2.87. The lowest BCUT2D eigenvalue weighted by molar-refractivity contribution is -0.174. The van der Waals surface area contributed by atoms with Gasteiger partial charge in [0.15, 0.2) is 0 Å². The molecule has 0 unspecified atom stereocenters. The van der Waals surface area contributed by atoms with Gasteiger partial charge in [-0.2, -0.15) is 13.2 Å². The fourth-order valence-electron chi connectivity index (χ4n) is 1.91. The average Bonchev–Trinajstić information content (AvgIpc) is 2.43. The zero-order valence-corrected chi connectivity index (χ0v) is 11.9. The van der Waals surface area contributed by atoms with Crippen LogP contribution in [0.15, 0.2) is 30.3 Å². The number of halogens is 3. The van der Waals surface area contributed by atoms with E-state index in [1.807, 2.05) is 25.1 Å². The third kappa shape index (κ3) is 4.70. The Labute approximate surface area is 125 Å². The second-order valence-corrected chi connectivity index (χ2v) is 4.80. The molecule has 1 amide bonds. The molecular formula is C15H15F3N2O2. The van der Waals surface area contributed by atoms with Crippen molar-refractivity contribution in [2.24, 2.45) is 0 Å². The van der Waals surface area contributed by atoms with E-state index in [1.54, 1.807) is 12.1 Å². The van der Waals surface area contributed by atoms with Crippen LogP contribution < -0.4 is 5.32 Å². The van der Waals surface area contributed by atoms with E-state index in [4.69, 9.17) is 0 Å². The number of pyridine rings is 1. The van der Waals surface area contributed by atoms with Gasteiger partial charge in [-0.25, -0.2) is 0 Å². The summed E-state index contributed by atoms with van der Waals surface area (Å²) in [6.45, 7) is 0.195. The van der Waals surface area contributed by atoms with Crippen LogP contribution in [0.5, 0.6) is 0 Å². The minimum absolute atomic E-state index is 0.154. The number of fused-ring (bicyclic) bond motifs is 1. The molecule has 0 atom stereocenters. The maximum Gasteiger partial charge on any atom is 0.411 e. The molecule has 0 aliphatic heterocycles. The summed E-state index contributed by atoms with van der Waals surface area (Å²) in [5.41, 5.74) is 1.98. The highest BCUT2D eigenvalue weighted by molar-refractivity contribution is 6.00. The Morgan fingerprint density at radius 2 is 2.05 bits per heavy atom. The van der Waals surface area contributed by atoms with Crippen LogP contribution in [0.3, 0.4) is 0 Å². The highest BCUT2D eigenvalue weighted by Crippen LogP contribution is 2.22. The number of carbonyl (C=O) groups is 1.